The Balaban J connectivity index is 2.68. The van der Waals surface area contributed by atoms with E-state index in [-0.39, 0.29) is 5.91 Å². The van der Waals surface area contributed by atoms with Crippen LogP contribution in [0.15, 0.2) is 30.3 Å². The molecule has 134 valence electrons. The highest BCUT2D eigenvalue weighted by atomic mass is 16.2. The SMILES string of the molecule is CCCCC=Cc1cccc(C(C)(C)C(=O)NCCNC(C)C)c1. The molecular weight excluding hydrogens is 296 g/mol. The molecule has 24 heavy (non-hydrogen) atoms. The van der Waals surface area contributed by atoms with Gasteiger partial charge in [-0.25, -0.2) is 0 Å². The van der Waals surface area contributed by atoms with Crippen molar-refractivity contribution in [1.82, 2.24) is 10.6 Å². The normalized spacial score (nSPS) is 12.1. The third-order valence-corrected chi connectivity index (χ3v) is 4.17. The number of hydrogen-bond donors (Lipinski definition) is 2. The monoisotopic (exact) mass is 330 g/mol. The van der Waals surface area contributed by atoms with Crippen molar-refractivity contribution >= 4 is 12.0 Å². The van der Waals surface area contributed by atoms with E-state index in [1.165, 1.54) is 12.8 Å². The second-order valence-electron chi connectivity index (χ2n) is 7.16. The third-order valence-electron chi connectivity index (χ3n) is 4.17. The molecule has 0 bridgehead atoms. The first-order valence-electron chi connectivity index (χ1n) is 9.16. The summed E-state index contributed by atoms with van der Waals surface area (Å²) in [6, 6.07) is 8.71. The summed E-state index contributed by atoms with van der Waals surface area (Å²) in [5.41, 5.74) is 1.67. The number of hydrogen-bond acceptors (Lipinski definition) is 2. The summed E-state index contributed by atoms with van der Waals surface area (Å²) in [4.78, 5) is 12.6. The fraction of sp³-hybridized carbons (Fsp3) is 0.571. The van der Waals surface area contributed by atoms with Crippen molar-refractivity contribution in [2.45, 2.75) is 65.3 Å². The smallest absolute Gasteiger partial charge is 0.230 e. The van der Waals surface area contributed by atoms with Crippen molar-refractivity contribution in [1.29, 1.82) is 0 Å². The standard InChI is InChI=1S/C21H34N2O/c1-6-7-8-9-11-18-12-10-13-19(16-18)21(4,5)20(24)23-15-14-22-17(2)3/h9-13,16-17,22H,6-8,14-15H2,1-5H3,(H,23,24). The molecule has 0 aliphatic carbocycles. The summed E-state index contributed by atoms with van der Waals surface area (Å²) in [5.74, 6) is 0.0696. The fourth-order valence-electron chi connectivity index (χ4n) is 2.46. The molecule has 0 heterocycles. The van der Waals surface area contributed by atoms with Crippen molar-refractivity contribution < 1.29 is 4.79 Å². The Hall–Kier alpha value is -1.61. The van der Waals surface area contributed by atoms with Crippen LogP contribution in [0, 0.1) is 0 Å². The van der Waals surface area contributed by atoms with E-state index in [9.17, 15) is 4.79 Å². The van der Waals surface area contributed by atoms with E-state index < -0.39 is 5.41 Å². The lowest BCUT2D eigenvalue weighted by Gasteiger charge is -2.25. The number of nitrogens with one attached hydrogen (secondary N) is 2. The second kappa shape index (κ2) is 10.3. The van der Waals surface area contributed by atoms with Gasteiger partial charge < -0.3 is 10.6 Å². The molecule has 3 heteroatoms. The minimum absolute atomic E-state index is 0.0696. The van der Waals surface area contributed by atoms with Gasteiger partial charge in [-0.15, -0.1) is 0 Å². The number of unbranched alkanes of at least 4 members (excludes halogenated alkanes) is 2. The molecule has 0 atom stereocenters. The first-order valence-corrected chi connectivity index (χ1v) is 9.16. The summed E-state index contributed by atoms with van der Waals surface area (Å²) in [7, 11) is 0. The lowest BCUT2D eigenvalue weighted by molar-refractivity contribution is -0.125. The summed E-state index contributed by atoms with van der Waals surface area (Å²) in [6.45, 7) is 11.8. The zero-order chi connectivity index (χ0) is 18.0. The van der Waals surface area contributed by atoms with Crippen LogP contribution in [0.25, 0.3) is 6.08 Å². The van der Waals surface area contributed by atoms with Gasteiger partial charge in [0.25, 0.3) is 0 Å². The zero-order valence-electron chi connectivity index (χ0n) is 16.0. The average Bonchev–Trinajstić information content (AvgIpc) is 2.55. The first kappa shape index (κ1) is 20.4. The summed E-state index contributed by atoms with van der Waals surface area (Å²) in [6.07, 6.45) is 7.90. The summed E-state index contributed by atoms with van der Waals surface area (Å²) < 4.78 is 0. The molecule has 2 N–H and O–H groups in total. The molecule has 1 rings (SSSR count). The van der Waals surface area contributed by atoms with Crippen molar-refractivity contribution in [3.05, 3.63) is 41.5 Å². The van der Waals surface area contributed by atoms with E-state index in [1.807, 2.05) is 26.0 Å². The quantitative estimate of drug-likeness (QED) is 0.629. The highest BCUT2D eigenvalue weighted by Crippen LogP contribution is 2.24. The van der Waals surface area contributed by atoms with Gasteiger partial charge in [0.15, 0.2) is 0 Å². The molecule has 0 radical (unpaired) electrons. The first-order chi connectivity index (χ1) is 11.4. The third kappa shape index (κ3) is 6.88. The Bertz CT molecular complexity index is 532. The van der Waals surface area contributed by atoms with E-state index >= 15 is 0 Å². The van der Waals surface area contributed by atoms with E-state index in [2.05, 4.69) is 55.7 Å². The molecule has 1 amide bonds. The van der Waals surface area contributed by atoms with Gasteiger partial charge in [-0.1, -0.05) is 70.0 Å². The van der Waals surface area contributed by atoms with Gasteiger partial charge in [0, 0.05) is 19.1 Å². The molecule has 3 nitrogen and oxygen atoms in total. The molecule has 0 saturated carbocycles. The second-order valence-corrected chi connectivity index (χ2v) is 7.16. The van der Waals surface area contributed by atoms with Crippen LogP contribution in [-0.4, -0.2) is 25.0 Å². The van der Waals surface area contributed by atoms with Crippen LogP contribution in [0.3, 0.4) is 0 Å². The van der Waals surface area contributed by atoms with Gasteiger partial charge in [0.1, 0.15) is 0 Å². The molecule has 0 aromatic heterocycles. The molecule has 0 unspecified atom stereocenters. The number of amides is 1. The van der Waals surface area contributed by atoms with Gasteiger partial charge in [-0.2, -0.15) is 0 Å². The predicted molar refractivity (Wildman–Crippen MR) is 104 cm³/mol. The van der Waals surface area contributed by atoms with Crippen molar-refractivity contribution in [2.75, 3.05) is 13.1 Å². The number of carbonyl (C=O) groups excluding carboxylic acids is 1. The molecule has 0 spiro atoms. The van der Waals surface area contributed by atoms with Crippen molar-refractivity contribution in [3.8, 4) is 0 Å². The maximum Gasteiger partial charge on any atom is 0.230 e. The van der Waals surface area contributed by atoms with Gasteiger partial charge in [-0.3, -0.25) is 4.79 Å². The molecule has 1 aromatic rings. The van der Waals surface area contributed by atoms with Crippen LogP contribution < -0.4 is 10.6 Å². The number of benzene rings is 1. The van der Waals surface area contributed by atoms with Crippen molar-refractivity contribution in [3.63, 3.8) is 0 Å². The largest absolute Gasteiger partial charge is 0.354 e. The molecule has 0 saturated heterocycles. The van der Waals surface area contributed by atoms with Crippen LogP contribution in [0.5, 0.6) is 0 Å². The van der Waals surface area contributed by atoms with E-state index in [4.69, 9.17) is 0 Å². The lowest BCUT2D eigenvalue weighted by Crippen LogP contribution is -2.43. The zero-order valence-corrected chi connectivity index (χ0v) is 16.0. The van der Waals surface area contributed by atoms with Crippen LogP contribution in [0.1, 0.15) is 65.0 Å². The lowest BCUT2D eigenvalue weighted by atomic mass is 9.83. The Morgan fingerprint density at radius 2 is 2.00 bits per heavy atom. The van der Waals surface area contributed by atoms with Crippen LogP contribution in [0.4, 0.5) is 0 Å². The van der Waals surface area contributed by atoms with E-state index in [1.54, 1.807) is 0 Å². The van der Waals surface area contributed by atoms with Crippen LogP contribution in [-0.2, 0) is 10.2 Å². The highest BCUT2D eigenvalue weighted by Gasteiger charge is 2.29. The maximum atomic E-state index is 12.6. The van der Waals surface area contributed by atoms with E-state index in [0.29, 0.717) is 12.6 Å². The van der Waals surface area contributed by atoms with Gasteiger partial charge in [0.05, 0.1) is 5.41 Å². The van der Waals surface area contributed by atoms with Gasteiger partial charge >= 0.3 is 0 Å². The minimum atomic E-state index is -0.537. The number of rotatable bonds is 10. The van der Waals surface area contributed by atoms with E-state index in [0.717, 1.165) is 24.1 Å². The molecular formula is C21H34N2O. The summed E-state index contributed by atoms with van der Waals surface area (Å²) in [5, 5.41) is 6.35. The topological polar surface area (TPSA) is 41.1 Å². The average molecular weight is 331 g/mol. The fourth-order valence-corrected chi connectivity index (χ4v) is 2.46. The molecule has 0 fully saturated rings. The van der Waals surface area contributed by atoms with Crippen molar-refractivity contribution in [2.24, 2.45) is 0 Å². The molecule has 0 aliphatic heterocycles. The van der Waals surface area contributed by atoms with Gasteiger partial charge in [0.2, 0.25) is 5.91 Å². The number of allylic oxidation sites excluding steroid dienone is 1. The summed E-state index contributed by atoms with van der Waals surface area (Å²) >= 11 is 0. The van der Waals surface area contributed by atoms with Gasteiger partial charge in [-0.05, 0) is 31.4 Å². The Kier molecular flexibility index (Phi) is 8.77. The molecule has 0 aliphatic rings. The maximum absolute atomic E-state index is 12.6. The van der Waals surface area contributed by atoms with Crippen LogP contribution >= 0.6 is 0 Å². The highest BCUT2D eigenvalue weighted by molar-refractivity contribution is 5.87. The number of carbonyl (C=O) groups is 1. The Morgan fingerprint density at radius 1 is 1.25 bits per heavy atom. The Morgan fingerprint density at radius 3 is 2.67 bits per heavy atom. The Labute approximate surface area is 147 Å². The molecule has 1 aromatic carbocycles. The van der Waals surface area contributed by atoms with Crippen LogP contribution in [0.2, 0.25) is 0 Å². The predicted octanol–water partition coefficient (Wildman–Crippen LogP) is 4.28. The minimum Gasteiger partial charge on any atom is -0.354 e.